The normalized spacial score (nSPS) is 18.2. The van der Waals surface area contributed by atoms with Crippen molar-refractivity contribution in [2.45, 2.75) is 38.1 Å². The molecule has 1 amide bonds. The predicted octanol–water partition coefficient (Wildman–Crippen LogP) is 2.74. The molecule has 20 heavy (non-hydrogen) atoms. The zero-order valence-electron chi connectivity index (χ0n) is 11.2. The van der Waals surface area contributed by atoms with Gasteiger partial charge in [-0.2, -0.15) is 0 Å². The zero-order valence-corrected chi connectivity index (χ0v) is 12.0. The number of hydrogen-bond acceptors (Lipinski definition) is 2. The van der Waals surface area contributed by atoms with E-state index in [0.717, 1.165) is 24.8 Å². The zero-order chi connectivity index (χ0) is 14.5. The standard InChI is InChI=1S/C15H18ClNO3/c16-12-8-6-11(7-9-12)3-1-5-14(18)17-10-2-4-13(17)15(19)20/h6-9,13H,1-5,10H2,(H,19,20)/t13-/m1/s1. The first-order valence-corrected chi connectivity index (χ1v) is 7.22. The van der Waals surface area contributed by atoms with Crippen molar-refractivity contribution in [1.82, 2.24) is 4.90 Å². The van der Waals surface area contributed by atoms with Gasteiger partial charge in [0.05, 0.1) is 0 Å². The van der Waals surface area contributed by atoms with E-state index < -0.39 is 12.0 Å². The molecule has 0 aliphatic carbocycles. The Balaban J connectivity index is 1.80. The van der Waals surface area contributed by atoms with Gasteiger partial charge in [0.15, 0.2) is 0 Å². The Morgan fingerprint density at radius 1 is 1.30 bits per heavy atom. The smallest absolute Gasteiger partial charge is 0.326 e. The molecule has 1 aliphatic rings. The van der Waals surface area contributed by atoms with Crippen molar-refractivity contribution in [2.24, 2.45) is 0 Å². The van der Waals surface area contributed by atoms with E-state index in [0.29, 0.717) is 24.4 Å². The molecule has 0 radical (unpaired) electrons. The number of rotatable bonds is 5. The van der Waals surface area contributed by atoms with Gasteiger partial charge in [-0.3, -0.25) is 4.79 Å². The van der Waals surface area contributed by atoms with Crippen LogP contribution in [0.3, 0.4) is 0 Å². The maximum absolute atomic E-state index is 12.0. The number of carbonyl (C=O) groups is 2. The van der Waals surface area contributed by atoms with Crippen molar-refractivity contribution in [2.75, 3.05) is 6.54 Å². The van der Waals surface area contributed by atoms with Crippen LogP contribution in [0.4, 0.5) is 0 Å². The number of halogens is 1. The van der Waals surface area contributed by atoms with Gasteiger partial charge in [0.2, 0.25) is 5.91 Å². The first-order valence-electron chi connectivity index (χ1n) is 6.84. The lowest BCUT2D eigenvalue weighted by atomic mass is 10.1. The van der Waals surface area contributed by atoms with Crippen LogP contribution in [0.5, 0.6) is 0 Å². The van der Waals surface area contributed by atoms with Crippen LogP contribution in [0.25, 0.3) is 0 Å². The highest BCUT2D eigenvalue weighted by Gasteiger charge is 2.33. The van der Waals surface area contributed by atoms with Crippen LogP contribution in [-0.2, 0) is 16.0 Å². The average molecular weight is 296 g/mol. The number of carboxylic acid groups (broad SMARTS) is 1. The van der Waals surface area contributed by atoms with Gasteiger partial charge in [-0.25, -0.2) is 4.79 Å². The minimum Gasteiger partial charge on any atom is -0.480 e. The average Bonchev–Trinajstić information content (AvgIpc) is 2.90. The van der Waals surface area contributed by atoms with E-state index in [4.69, 9.17) is 16.7 Å². The molecule has 5 heteroatoms. The molecule has 1 fully saturated rings. The number of nitrogens with zero attached hydrogens (tertiary/aromatic N) is 1. The summed E-state index contributed by atoms with van der Waals surface area (Å²) in [6, 6.07) is 6.93. The molecule has 108 valence electrons. The molecule has 2 rings (SSSR count). The second kappa shape index (κ2) is 6.75. The van der Waals surface area contributed by atoms with E-state index in [2.05, 4.69) is 0 Å². The van der Waals surface area contributed by atoms with Crippen molar-refractivity contribution in [1.29, 1.82) is 0 Å². The van der Waals surface area contributed by atoms with E-state index in [1.807, 2.05) is 24.3 Å². The van der Waals surface area contributed by atoms with Crippen LogP contribution in [-0.4, -0.2) is 34.5 Å². The summed E-state index contributed by atoms with van der Waals surface area (Å²) >= 11 is 5.81. The number of benzene rings is 1. The Morgan fingerprint density at radius 2 is 2.00 bits per heavy atom. The van der Waals surface area contributed by atoms with E-state index in [1.165, 1.54) is 4.90 Å². The second-order valence-corrected chi connectivity index (χ2v) is 5.50. The van der Waals surface area contributed by atoms with Crippen molar-refractivity contribution < 1.29 is 14.7 Å². The summed E-state index contributed by atoms with van der Waals surface area (Å²) in [6.45, 7) is 0.566. The molecule has 1 aliphatic heterocycles. The molecule has 0 unspecified atom stereocenters. The predicted molar refractivity (Wildman–Crippen MR) is 76.8 cm³/mol. The summed E-state index contributed by atoms with van der Waals surface area (Å²) in [7, 11) is 0. The summed E-state index contributed by atoms with van der Waals surface area (Å²) in [5.74, 6) is -0.947. The molecular weight excluding hydrogens is 278 g/mol. The van der Waals surface area contributed by atoms with Gasteiger partial charge in [-0.1, -0.05) is 23.7 Å². The van der Waals surface area contributed by atoms with Crippen LogP contribution < -0.4 is 0 Å². The largest absolute Gasteiger partial charge is 0.480 e. The lowest BCUT2D eigenvalue weighted by Crippen LogP contribution is -2.40. The maximum Gasteiger partial charge on any atom is 0.326 e. The number of carbonyl (C=O) groups excluding carboxylic acids is 1. The first-order chi connectivity index (χ1) is 9.58. The van der Waals surface area contributed by atoms with Gasteiger partial charge in [-0.15, -0.1) is 0 Å². The molecule has 1 saturated heterocycles. The Hall–Kier alpha value is -1.55. The lowest BCUT2D eigenvalue weighted by molar-refractivity contribution is -0.148. The molecule has 1 aromatic rings. The van der Waals surface area contributed by atoms with Crippen LogP contribution in [0.15, 0.2) is 24.3 Å². The quantitative estimate of drug-likeness (QED) is 0.908. The Bertz CT molecular complexity index is 486. The van der Waals surface area contributed by atoms with Crippen molar-refractivity contribution >= 4 is 23.5 Å². The number of amides is 1. The second-order valence-electron chi connectivity index (χ2n) is 5.06. The Morgan fingerprint density at radius 3 is 2.65 bits per heavy atom. The first kappa shape index (κ1) is 14.9. The molecule has 1 atom stereocenters. The molecule has 1 aromatic carbocycles. The van der Waals surface area contributed by atoms with E-state index in [9.17, 15) is 9.59 Å². The van der Waals surface area contributed by atoms with Gasteiger partial charge in [0.1, 0.15) is 6.04 Å². The SMILES string of the molecule is O=C(O)[C@H]1CCCN1C(=O)CCCc1ccc(Cl)cc1. The van der Waals surface area contributed by atoms with Crippen LogP contribution in [0.2, 0.25) is 5.02 Å². The number of likely N-dealkylation sites (tertiary alicyclic amines) is 1. The van der Waals surface area contributed by atoms with Gasteiger partial charge < -0.3 is 10.0 Å². The minimum atomic E-state index is -0.895. The highest BCUT2D eigenvalue weighted by atomic mass is 35.5. The monoisotopic (exact) mass is 295 g/mol. The summed E-state index contributed by atoms with van der Waals surface area (Å²) < 4.78 is 0. The van der Waals surface area contributed by atoms with Gasteiger partial charge in [0.25, 0.3) is 0 Å². The fourth-order valence-corrected chi connectivity index (χ4v) is 2.69. The fraction of sp³-hybridized carbons (Fsp3) is 0.467. The lowest BCUT2D eigenvalue weighted by Gasteiger charge is -2.21. The summed E-state index contributed by atoms with van der Waals surface area (Å²) in [4.78, 5) is 24.6. The number of aryl methyl sites for hydroxylation is 1. The molecular formula is C15H18ClNO3. The summed E-state index contributed by atoms with van der Waals surface area (Å²) in [5.41, 5.74) is 1.14. The maximum atomic E-state index is 12.0. The van der Waals surface area contributed by atoms with Gasteiger partial charge in [0, 0.05) is 18.0 Å². The van der Waals surface area contributed by atoms with Crippen LogP contribution in [0, 0.1) is 0 Å². The van der Waals surface area contributed by atoms with Gasteiger partial charge >= 0.3 is 5.97 Å². The number of aliphatic carboxylic acids is 1. The fourth-order valence-electron chi connectivity index (χ4n) is 2.56. The highest BCUT2D eigenvalue weighted by Crippen LogP contribution is 2.19. The van der Waals surface area contributed by atoms with E-state index in [1.54, 1.807) is 0 Å². The number of hydrogen-bond donors (Lipinski definition) is 1. The molecule has 1 heterocycles. The molecule has 1 N–H and O–H groups in total. The van der Waals surface area contributed by atoms with Crippen LogP contribution in [0.1, 0.15) is 31.2 Å². The summed E-state index contributed by atoms with van der Waals surface area (Å²) in [5, 5.41) is 9.76. The molecule has 0 aromatic heterocycles. The molecule has 0 bridgehead atoms. The molecule has 4 nitrogen and oxygen atoms in total. The van der Waals surface area contributed by atoms with Gasteiger partial charge in [-0.05, 0) is 43.4 Å². The Labute approximate surface area is 123 Å². The highest BCUT2D eigenvalue weighted by molar-refractivity contribution is 6.30. The summed E-state index contributed by atoms with van der Waals surface area (Å²) in [6.07, 6.45) is 3.27. The molecule has 0 spiro atoms. The van der Waals surface area contributed by atoms with E-state index >= 15 is 0 Å². The van der Waals surface area contributed by atoms with E-state index in [-0.39, 0.29) is 5.91 Å². The van der Waals surface area contributed by atoms with Crippen LogP contribution >= 0.6 is 11.6 Å². The number of carboxylic acids is 1. The Kier molecular flexibility index (Phi) is 5.01. The minimum absolute atomic E-state index is 0.0520. The topological polar surface area (TPSA) is 57.6 Å². The van der Waals surface area contributed by atoms with Crippen molar-refractivity contribution in [3.05, 3.63) is 34.9 Å². The third-order valence-corrected chi connectivity index (χ3v) is 3.88. The third-order valence-electron chi connectivity index (χ3n) is 3.63. The third kappa shape index (κ3) is 3.73. The van der Waals surface area contributed by atoms with Crippen molar-refractivity contribution in [3.8, 4) is 0 Å². The van der Waals surface area contributed by atoms with Crippen molar-refractivity contribution in [3.63, 3.8) is 0 Å². The molecule has 0 saturated carbocycles.